The summed E-state index contributed by atoms with van der Waals surface area (Å²) in [6.07, 6.45) is -4.24. The van der Waals surface area contributed by atoms with Gasteiger partial charge in [0, 0.05) is 6.54 Å². The third-order valence-electron chi connectivity index (χ3n) is 6.45. The van der Waals surface area contributed by atoms with Crippen molar-refractivity contribution in [1.29, 1.82) is 0 Å². The van der Waals surface area contributed by atoms with Crippen molar-refractivity contribution < 1.29 is 39.9 Å². The highest BCUT2D eigenvalue weighted by atomic mass is 32.2. The van der Waals surface area contributed by atoms with Crippen LogP contribution >= 0.6 is 0 Å². The predicted octanol–water partition coefficient (Wildman–Crippen LogP) is 6.25. The Kier molecular flexibility index (Phi) is 8.71. The zero-order chi connectivity index (χ0) is 30.7. The Morgan fingerprint density at radius 2 is 1.48 bits per heavy atom. The number of nitrogens with one attached hydrogen (secondary N) is 1. The van der Waals surface area contributed by atoms with Crippen LogP contribution in [0.4, 0.5) is 13.2 Å². The minimum Gasteiger partial charge on any atom is -0.478 e. The van der Waals surface area contributed by atoms with Gasteiger partial charge in [0.1, 0.15) is 5.25 Å². The fourth-order valence-electron chi connectivity index (χ4n) is 4.40. The standard InChI is InChI=1S/C30H24F3NO6S2/c1-2-28(26-18-24(14-16-27(26)30(31,32)33)41(37,38)23-11-7-4-8-12-23)42(39,40)34-19-22-17-21(29(35)36)13-15-25(22)20-9-5-3-6-10-20/h2-18,28,34H,1,19H2,(H,35,36). The summed E-state index contributed by atoms with van der Waals surface area (Å²) < 4.78 is 97.7. The first-order valence-electron chi connectivity index (χ1n) is 12.3. The van der Waals surface area contributed by atoms with Gasteiger partial charge in [0.05, 0.1) is 20.9 Å². The van der Waals surface area contributed by atoms with Crippen LogP contribution in [0.5, 0.6) is 0 Å². The minimum absolute atomic E-state index is 0.123. The maximum Gasteiger partial charge on any atom is 0.416 e. The molecule has 7 nitrogen and oxygen atoms in total. The van der Waals surface area contributed by atoms with Gasteiger partial charge in [-0.25, -0.2) is 26.4 Å². The Hall–Kier alpha value is -4.26. The van der Waals surface area contributed by atoms with Crippen LogP contribution in [0.1, 0.15) is 32.3 Å². The Labute approximate surface area is 240 Å². The van der Waals surface area contributed by atoms with E-state index in [1.165, 1.54) is 42.5 Å². The molecule has 2 N–H and O–H groups in total. The number of sulfonamides is 1. The Bertz CT molecular complexity index is 1840. The molecule has 0 amide bonds. The monoisotopic (exact) mass is 615 g/mol. The lowest BCUT2D eigenvalue weighted by Crippen LogP contribution is -2.29. The summed E-state index contributed by atoms with van der Waals surface area (Å²) in [6, 6.07) is 21.8. The lowest BCUT2D eigenvalue weighted by Gasteiger charge is -2.21. The van der Waals surface area contributed by atoms with Crippen LogP contribution in [0.2, 0.25) is 0 Å². The van der Waals surface area contributed by atoms with Crippen molar-refractivity contribution in [2.75, 3.05) is 0 Å². The summed E-state index contributed by atoms with van der Waals surface area (Å²) >= 11 is 0. The number of benzene rings is 4. The van der Waals surface area contributed by atoms with Crippen LogP contribution in [0, 0.1) is 0 Å². The van der Waals surface area contributed by atoms with Gasteiger partial charge >= 0.3 is 12.1 Å². The molecule has 4 rings (SSSR count). The van der Waals surface area contributed by atoms with E-state index >= 15 is 0 Å². The van der Waals surface area contributed by atoms with Gasteiger partial charge in [-0.3, -0.25) is 0 Å². The van der Waals surface area contributed by atoms with E-state index < -0.39 is 59.8 Å². The number of carboxylic acids is 1. The molecule has 0 aliphatic rings. The topological polar surface area (TPSA) is 118 Å². The van der Waals surface area contributed by atoms with Gasteiger partial charge in [-0.15, -0.1) is 6.58 Å². The number of alkyl halides is 3. The first-order valence-corrected chi connectivity index (χ1v) is 15.3. The maximum atomic E-state index is 14.0. The van der Waals surface area contributed by atoms with Crippen LogP contribution in [-0.2, 0) is 32.6 Å². The van der Waals surface area contributed by atoms with E-state index in [4.69, 9.17) is 0 Å². The number of carbonyl (C=O) groups is 1. The average Bonchev–Trinajstić information content (AvgIpc) is 2.96. The molecule has 12 heteroatoms. The Balaban J connectivity index is 1.77. The van der Waals surface area contributed by atoms with E-state index in [0.29, 0.717) is 23.3 Å². The third kappa shape index (κ3) is 6.46. The van der Waals surface area contributed by atoms with Crippen molar-refractivity contribution in [2.24, 2.45) is 0 Å². The van der Waals surface area contributed by atoms with Gasteiger partial charge in [-0.05, 0) is 64.7 Å². The SMILES string of the molecule is C=CC(c1cc(S(=O)(=O)c2ccccc2)ccc1C(F)(F)F)S(=O)(=O)NCc1cc(C(=O)O)ccc1-c1ccccc1. The third-order valence-corrected chi connectivity index (χ3v) is 9.88. The van der Waals surface area contributed by atoms with E-state index in [1.807, 2.05) is 0 Å². The summed E-state index contributed by atoms with van der Waals surface area (Å²) in [4.78, 5) is 10.9. The molecule has 218 valence electrons. The number of hydrogen-bond donors (Lipinski definition) is 2. The summed E-state index contributed by atoms with van der Waals surface area (Å²) in [6.45, 7) is 2.95. The molecule has 0 spiro atoms. The number of rotatable bonds is 10. The highest BCUT2D eigenvalue weighted by Crippen LogP contribution is 2.39. The first kappa shape index (κ1) is 30.7. The molecule has 1 atom stereocenters. The van der Waals surface area contributed by atoms with Crippen LogP contribution in [0.25, 0.3) is 11.1 Å². The molecule has 42 heavy (non-hydrogen) atoms. The second-order valence-corrected chi connectivity index (χ2v) is 13.0. The lowest BCUT2D eigenvalue weighted by molar-refractivity contribution is -0.138. The van der Waals surface area contributed by atoms with Crippen LogP contribution in [0.15, 0.2) is 120 Å². The van der Waals surface area contributed by atoms with Crippen LogP contribution < -0.4 is 4.72 Å². The molecule has 0 aliphatic carbocycles. The Morgan fingerprint density at radius 3 is 2.05 bits per heavy atom. The van der Waals surface area contributed by atoms with Crippen molar-refractivity contribution in [2.45, 2.75) is 27.8 Å². The molecular formula is C30H24F3NO6S2. The first-order chi connectivity index (χ1) is 19.8. The number of sulfone groups is 1. The number of hydrogen-bond acceptors (Lipinski definition) is 5. The van der Waals surface area contributed by atoms with Gasteiger partial charge in [0.2, 0.25) is 19.9 Å². The summed E-state index contributed by atoms with van der Waals surface area (Å²) in [5, 5.41) is 7.44. The molecular weight excluding hydrogens is 591 g/mol. The highest BCUT2D eigenvalue weighted by molar-refractivity contribution is 7.91. The minimum atomic E-state index is -5.02. The van der Waals surface area contributed by atoms with Crippen LogP contribution in [-0.4, -0.2) is 27.9 Å². The fourth-order valence-corrected chi connectivity index (χ4v) is 7.03. The molecule has 1 unspecified atom stereocenters. The smallest absolute Gasteiger partial charge is 0.416 e. The van der Waals surface area contributed by atoms with E-state index in [2.05, 4.69) is 11.3 Å². The van der Waals surface area contributed by atoms with Crippen molar-refractivity contribution in [1.82, 2.24) is 4.72 Å². The number of aromatic carboxylic acids is 1. The van der Waals surface area contributed by atoms with E-state index in [0.717, 1.165) is 12.1 Å². The average molecular weight is 616 g/mol. The molecule has 4 aromatic carbocycles. The second kappa shape index (κ2) is 11.9. The van der Waals surface area contributed by atoms with Gasteiger partial charge in [0.25, 0.3) is 0 Å². The highest BCUT2D eigenvalue weighted by Gasteiger charge is 2.39. The number of carboxylic acid groups (broad SMARTS) is 1. The van der Waals surface area contributed by atoms with E-state index in [9.17, 15) is 39.9 Å². The predicted molar refractivity (Wildman–Crippen MR) is 151 cm³/mol. The Morgan fingerprint density at radius 1 is 0.857 bits per heavy atom. The van der Waals surface area contributed by atoms with Crippen molar-refractivity contribution in [3.63, 3.8) is 0 Å². The lowest BCUT2D eigenvalue weighted by atomic mass is 9.97. The van der Waals surface area contributed by atoms with Crippen molar-refractivity contribution in [3.05, 3.63) is 132 Å². The molecule has 0 aromatic heterocycles. The second-order valence-electron chi connectivity index (χ2n) is 9.13. The molecule has 0 aliphatic heterocycles. The van der Waals surface area contributed by atoms with Crippen molar-refractivity contribution in [3.8, 4) is 11.1 Å². The molecule has 0 fully saturated rings. The fraction of sp³-hybridized carbons (Fsp3) is 0.100. The van der Waals surface area contributed by atoms with E-state index in [1.54, 1.807) is 36.4 Å². The molecule has 0 heterocycles. The molecule has 0 radical (unpaired) electrons. The van der Waals surface area contributed by atoms with E-state index in [-0.39, 0.29) is 16.0 Å². The van der Waals surface area contributed by atoms with Gasteiger partial charge in [-0.2, -0.15) is 13.2 Å². The zero-order valence-corrected chi connectivity index (χ0v) is 23.4. The van der Waals surface area contributed by atoms with Gasteiger partial charge in [0.15, 0.2) is 0 Å². The zero-order valence-electron chi connectivity index (χ0n) is 21.7. The summed E-state index contributed by atoms with van der Waals surface area (Å²) in [7, 11) is -8.96. The molecule has 0 saturated heterocycles. The van der Waals surface area contributed by atoms with Crippen molar-refractivity contribution >= 4 is 25.8 Å². The molecule has 4 aromatic rings. The van der Waals surface area contributed by atoms with Crippen LogP contribution in [0.3, 0.4) is 0 Å². The van der Waals surface area contributed by atoms with Gasteiger partial charge in [-0.1, -0.05) is 60.7 Å². The quantitative estimate of drug-likeness (QED) is 0.204. The largest absolute Gasteiger partial charge is 0.478 e. The summed E-state index contributed by atoms with van der Waals surface area (Å²) in [5.74, 6) is -1.26. The normalized spacial score (nSPS) is 12.9. The number of halogens is 3. The van der Waals surface area contributed by atoms with Gasteiger partial charge < -0.3 is 5.11 Å². The molecule has 0 bridgehead atoms. The summed E-state index contributed by atoms with van der Waals surface area (Å²) in [5.41, 5.74) is -0.883. The maximum absolute atomic E-state index is 14.0. The molecule has 0 saturated carbocycles.